The molecule has 3 aromatic rings. The number of benzene rings is 1. The first-order chi connectivity index (χ1) is 15.9. The van der Waals surface area contributed by atoms with Gasteiger partial charge in [-0.2, -0.15) is 36.3 Å². The van der Waals surface area contributed by atoms with Crippen LogP contribution in [0, 0.1) is 0 Å². The maximum Gasteiger partial charge on any atom is 0.451 e. The predicted molar refractivity (Wildman–Crippen MR) is 109 cm³/mol. The molecule has 0 fully saturated rings. The first-order valence-corrected chi connectivity index (χ1v) is 10.5. The molecule has 3 N–H and O–H groups in total. The van der Waals surface area contributed by atoms with Crippen LogP contribution in [0.1, 0.15) is 41.8 Å². The lowest BCUT2D eigenvalue weighted by Gasteiger charge is -2.37. The topological polar surface area (TPSA) is 98.2 Å². The third-order valence-electron chi connectivity index (χ3n) is 5.56. The molecule has 0 amide bonds. The monoisotopic (exact) mass is 509 g/mol. The van der Waals surface area contributed by atoms with Crippen molar-refractivity contribution in [2.75, 3.05) is 18.1 Å². The molecule has 34 heavy (non-hydrogen) atoms. The highest BCUT2D eigenvalue weighted by atomic mass is 35.5. The first kappa shape index (κ1) is 24.5. The van der Waals surface area contributed by atoms with Crippen LogP contribution in [0.15, 0.2) is 18.2 Å². The molecule has 0 radical (unpaired) electrons. The van der Waals surface area contributed by atoms with Gasteiger partial charge in [0, 0.05) is 34.8 Å². The summed E-state index contributed by atoms with van der Waals surface area (Å²) in [7, 11) is 0. The van der Waals surface area contributed by atoms with Crippen LogP contribution in [-0.2, 0) is 18.8 Å². The molecule has 2 aromatic heterocycles. The number of hydrogen-bond donors (Lipinski definition) is 3. The van der Waals surface area contributed by atoms with E-state index in [2.05, 4.69) is 19.9 Å². The number of aromatic nitrogens is 4. The van der Waals surface area contributed by atoms with Crippen molar-refractivity contribution in [3.8, 4) is 0 Å². The SMILES string of the molecule is OCC[C@@H](O)C[C@H]1c2[nH]c3ccc(Cl)cc3c2CCN1c1nc(C(F)(F)F)nc(C(F)(F)F)n1. The van der Waals surface area contributed by atoms with E-state index in [1.807, 2.05) is 0 Å². The Morgan fingerprint density at radius 2 is 1.74 bits per heavy atom. The lowest BCUT2D eigenvalue weighted by atomic mass is 9.93. The molecule has 0 saturated heterocycles. The van der Waals surface area contributed by atoms with E-state index in [-0.39, 0.29) is 32.4 Å². The standard InChI is InChI=1S/C20H18ClF6N5O2/c21-9-1-2-13-12(7-9)11-3-5-32(14(15(11)28-13)8-10(34)4-6-33)18-30-16(19(22,23)24)29-17(31-18)20(25,26)27/h1-2,7,10,14,28,33-34H,3-6,8H2/t10-,14+/m1/s1. The number of aliphatic hydroxyl groups excluding tert-OH is 2. The van der Waals surface area contributed by atoms with Crippen LogP contribution in [0.25, 0.3) is 10.9 Å². The summed E-state index contributed by atoms with van der Waals surface area (Å²) in [6.45, 7) is -0.382. The molecule has 0 bridgehead atoms. The quantitative estimate of drug-likeness (QED) is 0.444. The molecule has 3 heterocycles. The number of nitrogens with zero attached hydrogens (tertiary/aromatic N) is 4. The van der Waals surface area contributed by atoms with Crippen LogP contribution in [0.4, 0.5) is 32.3 Å². The van der Waals surface area contributed by atoms with Gasteiger partial charge in [0.25, 0.3) is 0 Å². The number of nitrogens with one attached hydrogen (secondary N) is 1. The molecule has 1 aliphatic heterocycles. The van der Waals surface area contributed by atoms with Gasteiger partial charge in [-0.3, -0.25) is 0 Å². The van der Waals surface area contributed by atoms with E-state index < -0.39 is 42.1 Å². The largest absolute Gasteiger partial charge is 0.451 e. The summed E-state index contributed by atoms with van der Waals surface area (Å²) in [5.74, 6) is -4.74. The van der Waals surface area contributed by atoms with E-state index in [0.717, 1.165) is 10.9 Å². The molecule has 2 atom stereocenters. The van der Waals surface area contributed by atoms with Gasteiger partial charge >= 0.3 is 12.4 Å². The second-order valence-electron chi connectivity index (χ2n) is 7.85. The van der Waals surface area contributed by atoms with Gasteiger partial charge in [0.2, 0.25) is 17.6 Å². The molecule has 1 aromatic carbocycles. The molecule has 184 valence electrons. The number of hydrogen-bond acceptors (Lipinski definition) is 6. The van der Waals surface area contributed by atoms with Gasteiger partial charge in [-0.05, 0) is 43.0 Å². The maximum absolute atomic E-state index is 13.3. The Labute approximate surface area is 193 Å². The van der Waals surface area contributed by atoms with Crippen molar-refractivity contribution in [1.29, 1.82) is 0 Å². The molecule has 1 aliphatic rings. The fraction of sp³-hybridized carbons (Fsp3) is 0.450. The van der Waals surface area contributed by atoms with Crippen molar-refractivity contribution < 1.29 is 36.6 Å². The molecule has 14 heteroatoms. The Hall–Kier alpha value is -2.64. The Bertz CT molecular complexity index is 1170. The van der Waals surface area contributed by atoms with Crippen LogP contribution in [0.2, 0.25) is 5.02 Å². The molecule has 0 spiro atoms. The number of anilines is 1. The first-order valence-electron chi connectivity index (χ1n) is 10.1. The van der Waals surface area contributed by atoms with E-state index in [9.17, 15) is 31.4 Å². The van der Waals surface area contributed by atoms with Crippen molar-refractivity contribution in [3.05, 3.63) is 46.1 Å². The average Bonchev–Trinajstić information content (AvgIpc) is 3.11. The van der Waals surface area contributed by atoms with Gasteiger partial charge in [0.15, 0.2) is 0 Å². The molecule has 7 nitrogen and oxygen atoms in total. The van der Waals surface area contributed by atoms with Gasteiger partial charge in [0.1, 0.15) is 0 Å². The van der Waals surface area contributed by atoms with Gasteiger partial charge in [-0.15, -0.1) is 0 Å². The summed E-state index contributed by atoms with van der Waals surface area (Å²) in [4.78, 5) is 13.5. The van der Waals surface area contributed by atoms with Crippen molar-refractivity contribution in [2.24, 2.45) is 0 Å². The second-order valence-corrected chi connectivity index (χ2v) is 8.28. The summed E-state index contributed by atoms with van der Waals surface area (Å²) in [5, 5.41) is 20.7. The number of aromatic amines is 1. The summed E-state index contributed by atoms with van der Waals surface area (Å²) in [6, 6.07) is 4.14. The van der Waals surface area contributed by atoms with Crippen LogP contribution in [-0.4, -0.2) is 49.4 Å². The van der Waals surface area contributed by atoms with Gasteiger partial charge in [0.05, 0.1) is 12.1 Å². The Morgan fingerprint density at radius 3 is 2.32 bits per heavy atom. The average molecular weight is 510 g/mol. The molecule has 0 unspecified atom stereocenters. The zero-order valence-corrected chi connectivity index (χ0v) is 18.0. The van der Waals surface area contributed by atoms with E-state index in [4.69, 9.17) is 16.7 Å². The smallest absolute Gasteiger partial charge is 0.396 e. The normalized spacial score (nSPS) is 17.8. The fourth-order valence-electron chi connectivity index (χ4n) is 4.09. The van der Waals surface area contributed by atoms with Gasteiger partial charge < -0.3 is 20.1 Å². The number of rotatable bonds is 5. The van der Waals surface area contributed by atoms with Crippen molar-refractivity contribution >= 4 is 28.5 Å². The van der Waals surface area contributed by atoms with Crippen molar-refractivity contribution in [1.82, 2.24) is 19.9 Å². The summed E-state index contributed by atoms with van der Waals surface area (Å²) < 4.78 is 79.8. The van der Waals surface area contributed by atoms with E-state index in [1.54, 1.807) is 18.2 Å². The molecule has 4 rings (SSSR count). The summed E-state index contributed by atoms with van der Waals surface area (Å²) in [6.07, 6.45) is -11.5. The van der Waals surface area contributed by atoms with Crippen LogP contribution < -0.4 is 4.90 Å². The van der Waals surface area contributed by atoms with Crippen LogP contribution in [0.3, 0.4) is 0 Å². The number of alkyl halides is 6. The molecule has 0 saturated carbocycles. The third-order valence-corrected chi connectivity index (χ3v) is 5.79. The number of fused-ring (bicyclic) bond motifs is 3. The highest BCUT2D eigenvalue weighted by Gasteiger charge is 2.43. The molecular formula is C20H18ClF6N5O2. The third kappa shape index (κ3) is 4.77. The van der Waals surface area contributed by atoms with E-state index >= 15 is 0 Å². The minimum Gasteiger partial charge on any atom is -0.396 e. The zero-order chi connectivity index (χ0) is 24.8. The fourth-order valence-corrected chi connectivity index (χ4v) is 4.27. The minimum absolute atomic E-state index is 0.0262. The lowest BCUT2D eigenvalue weighted by molar-refractivity contribution is -0.155. The minimum atomic E-state index is -5.23. The van der Waals surface area contributed by atoms with E-state index in [1.165, 1.54) is 4.90 Å². The second kappa shape index (κ2) is 8.86. The van der Waals surface area contributed by atoms with Gasteiger partial charge in [-0.1, -0.05) is 11.6 Å². The Balaban J connectivity index is 1.86. The predicted octanol–water partition coefficient (Wildman–Crippen LogP) is 4.28. The highest BCUT2D eigenvalue weighted by molar-refractivity contribution is 6.31. The molecule has 0 aliphatic carbocycles. The Kier molecular flexibility index (Phi) is 6.38. The van der Waals surface area contributed by atoms with E-state index in [0.29, 0.717) is 16.2 Å². The highest BCUT2D eigenvalue weighted by Crippen LogP contribution is 2.41. The van der Waals surface area contributed by atoms with Crippen LogP contribution >= 0.6 is 11.6 Å². The van der Waals surface area contributed by atoms with Crippen molar-refractivity contribution in [3.63, 3.8) is 0 Å². The zero-order valence-electron chi connectivity index (χ0n) is 17.3. The number of H-pyrrole nitrogens is 1. The summed E-state index contributed by atoms with van der Waals surface area (Å²) in [5.41, 5.74) is 1.93. The Morgan fingerprint density at radius 1 is 1.09 bits per heavy atom. The maximum atomic E-state index is 13.3. The summed E-state index contributed by atoms with van der Waals surface area (Å²) >= 11 is 6.09. The van der Waals surface area contributed by atoms with Crippen molar-refractivity contribution in [2.45, 2.75) is 43.8 Å². The number of aliphatic hydroxyl groups is 2. The molecular weight excluding hydrogens is 492 g/mol. The number of halogens is 7. The van der Waals surface area contributed by atoms with Crippen LogP contribution in [0.5, 0.6) is 0 Å². The lowest BCUT2D eigenvalue weighted by Crippen LogP contribution is -2.39. The van der Waals surface area contributed by atoms with Gasteiger partial charge in [-0.25, -0.2) is 4.98 Å².